The first kappa shape index (κ1) is 28.1. The Hall–Kier alpha value is -2.00. The normalized spacial score (nSPS) is 32.8. The van der Waals surface area contributed by atoms with E-state index in [1.807, 2.05) is 24.3 Å². The summed E-state index contributed by atoms with van der Waals surface area (Å²) < 4.78 is 20.5. The van der Waals surface area contributed by atoms with E-state index in [0.29, 0.717) is 48.1 Å². The standard InChI is InChI=1S/C31H43ClFN5O2/c32-26-4-2-1-3-22(26)17-35-30-36-18-27(33)29(38-30)37-19-31-13-21-11-23(14-31)28(24(12-21)15-31)34-16-20-5-7-25(8-6-20)40-10-9-39/h1-4,18,20-21,23-25,28,34,39H,5-17,19H2,(H2,35,36,37,38)/t20?,21?,23-,24+,25?,28?,31?. The van der Waals surface area contributed by atoms with Gasteiger partial charge in [-0.05, 0) is 105 Å². The predicted molar refractivity (Wildman–Crippen MR) is 156 cm³/mol. The number of aliphatic hydroxyl groups is 1. The van der Waals surface area contributed by atoms with Crippen LogP contribution in [0.5, 0.6) is 0 Å². The number of hydrogen-bond acceptors (Lipinski definition) is 7. The van der Waals surface area contributed by atoms with E-state index in [1.54, 1.807) is 0 Å². The van der Waals surface area contributed by atoms with Crippen molar-refractivity contribution in [2.45, 2.75) is 76.5 Å². The summed E-state index contributed by atoms with van der Waals surface area (Å²) in [5.41, 5.74) is 1.17. The fraction of sp³-hybridized carbons (Fsp3) is 0.677. The Morgan fingerprint density at radius 2 is 1.82 bits per heavy atom. The van der Waals surface area contributed by atoms with Crippen LogP contribution in [-0.4, -0.2) is 53.5 Å². The molecule has 0 amide bonds. The van der Waals surface area contributed by atoms with Crippen LogP contribution >= 0.6 is 11.6 Å². The molecule has 5 fully saturated rings. The lowest BCUT2D eigenvalue weighted by molar-refractivity contribution is -0.0708. The molecule has 5 aliphatic rings. The second-order valence-electron chi connectivity index (χ2n) is 12.8. The van der Waals surface area contributed by atoms with E-state index in [2.05, 4.69) is 25.9 Å². The fourth-order valence-electron chi connectivity index (χ4n) is 8.43. The maximum absolute atomic E-state index is 14.7. The summed E-state index contributed by atoms with van der Waals surface area (Å²) in [5.74, 6) is 3.20. The van der Waals surface area contributed by atoms with Crippen molar-refractivity contribution in [1.82, 2.24) is 15.3 Å². The van der Waals surface area contributed by atoms with Crippen molar-refractivity contribution < 1.29 is 14.2 Å². The van der Waals surface area contributed by atoms with E-state index in [0.717, 1.165) is 43.3 Å². The zero-order valence-electron chi connectivity index (χ0n) is 23.3. The molecular formula is C31H43ClFN5O2. The number of ether oxygens (including phenoxy) is 1. The van der Waals surface area contributed by atoms with Gasteiger partial charge in [0.25, 0.3) is 0 Å². The number of hydrogen-bond donors (Lipinski definition) is 4. The largest absolute Gasteiger partial charge is 0.394 e. The van der Waals surface area contributed by atoms with Gasteiger partial charge in [0.15, 0.2) is 11.6 Å². The number of aromatic nitrogens is 2. The lowest BCUT2D eigenvalue weighted by Gasteiger charge is -2.60. The highest BCUT2D eigenvalue weighted by Crippen LogP contribution is 2.60. The molecule has 0 radical (unpaired) electrons. The highest BCUT2D eigenvalue weighted by molar-refractivity contribution is 6.31. The van der Waals surface area contributed by atoms with Gasteiger partial charge in [-0.25, -0.2) is 9.37 Å². The van der Waals surface area contributed by atoms with Crippen molar-refractivity contribution in [3.63, 3.8) is 0 Å². The van der Waals surface area contributed by atoms with Crippen LogP contribution < -0.4 is 16.0 Å². The van der Waals surface area contributed by atoms with Crippen LogP contribution in [-0.2, 0) is 11.3 Å². The van der Waals surface area contributed by atoms with E-state index in [1.165, 1.54) is 51.1 Å². The van der Waals surface area contributed by atoms with Crippen molar-refractivity contribution >= 4 is 23.4 Å². The summed E-state index contributed by atoms with van der Waals surface area (Å²) in [6.45, 7) is 2.92. The van der Waals surface area contributed by atoms with Gasteiger partial charge < -0.3 is 25.8 Å². The van der Waals surface area contributed by atoms with Gasteiger partial charge in [0.1, 0.15) is 0 Å². The smallest absolute Gasteiger partial charge is 0.225 e. The second-order valence-corrected chi connectivity index (χ2v) is 13.2. The maximum atomic E-state index is 14.7. The Kier molecular flexibility index (Phi) is 8.77. The van der Waals surface area contributed by atoms with E-state index in [4.69, 9.17) is 21.4 Å². The fourth-order valence-corrected chi connectivity index (χ4v) is 8.63. The molecule has 1 aromatic heterocycles. The second kappa shape index (κ2) is 12.5. The quantitative estimate of drug-likeness (QED) is 0.262. The minimum atomic E-state index is -0.413. The lowest BCUT2D eigenvalue weighted by Crippen LogP contribution is -2.60. The average Bonchev–Trinajstić information content (AvgIpc) is 2.95. The number of aliphatic hydroxyl groups excluding tert-OH is 1. The molecule has 4 bridgehead atoms. The molecule has 5 saturated carbocycles. The molecule has 0 saturated heterocycles. The Morgan fingerprint density at radius 1 is 1.05 bits per heavy atom. The van der Waals surface area contributed by atoms with Crippen molar-refractivity contribution in [3.05, 3.63) is 46.9 Å². The molecule has 1 aromatic carbocycles. The number of halogens is 2. The van der Waals surface area contributed by atoms with Crippen LogP contribution in [0.2, 0.25) is 5.02 Å². The highest BCUT2D eigenvalue weighted by Gasteiger charge is 2.55. The molecule has 218 valence electrons. The molecule has 5 atom stereocenters. The van der Waals surface area contributed by atoms with Crippen LogP contribution in [0, 0.1) is 34.9 Å². The van der Waals surface area contributed by atoms with E-state index >= 15 is 0 Å². The van der Waals surface area contributed by atoms with Gasteiger partial charge in [0, 0.05) is 24.2 Å². The molecule has 0 aliphatic heterocycles. The molecule has 7 nitrogen and oxygen atoms in total. The molecule has 7 rings (SSSR count). The maximum Gasteiger partial charge on any atom is 0.225 e. The van der Waals surface area contributed by atoms with E-state index in [-0.39, 0.29) is 17.8 Å². The first-order valence-electron chi connectivity index (χ1n) is 15.2. The highest BCUT2D eigenvalue weighted by atomic mass is 35.5. The van der Waals surface area contributed by atoms with Crippen molar-refractivity contribution in [2.75, 3.05) is 36.9 Å². The Labute approximate surface area is 242 Å². The number of rotatable bonds is 12. The first-order chi connectivity index (χ1) is 19.5. The molecule has 2 aromatic rings. The van der Waals surface area contributed by atoms with E-state index in [9.17, 15) is 4.39 Å². The van der Waals surface area contributed by atoms with Crippen molar-refractivity contribution in [2.24, 2.45) is 29.1 Å². The summed E-state index contributed by atoms with van der Waals surface area (Å²) in [5, 5.41) is 20.3. The van der Waals surface area contributed by atoms with Crippen LogP contribution in [0.3, 0.4) is 0 Å². The Bertz CT molecular complexity index is 1130. The number of benzene rings is 1. The van der Waals surface area contributed by atoms with Crippen LogP contribution in [0.15, 0.2) is 30.5 Å². The molecule has 3 unspecified atom stereocenters. The summed E-state index contributed by atoms with van der Waals surface area (Å²) >= 11 is 6.27. The molecule has 1 heterocycles. The molecular weight excluding hydrogens is 529 g/mol. The van der Waals surface area contributed by atoms with Gasteiger partial charge in [-0.15, -0.1) is 0 Å². The minimum absolute atomic E-state index is 0.112. The first-order valence-corrected chi connectivity index (χ1v) is 15.6. The number of nitrogens with zero attached hydrogens (tertiary/aromatic N) is 2. The number of nitrogens with one attached hydrogen (secondary N) is 3. The zero-order valence-corrected chi connectivity index (χ0v) is 24.0. The third-order valence-corrected chi connectivity index (χ3v) is 10.4. The molecule has 40 heavy (non-hydrogen) atoms. The van der Waals surface area contributed by atoms with Gasteiger partial charge in [-0.2, -0.15) is 4.98 Å². The van der Waals surface area contributed by atoms with Crippen molar-refractivity contribution in [1.29, 1.82) is 0 Å². The summed E-state index contributed by atoms with van der Waals surface area (Å²) in [6, 6.07) is 8.26. The summed E-state index contributed by atoms with van der Waals surface area (Å²) in [7, 11) is 0. The average molecular weight is 572 g/mol. The Balaban J connectivity index is 1.02. The van der Waals surface area contributed by atoms with E-state index < -0.39 is 5.82 Å². The monoisotopic (exact) mass is 571 g/mol. The molecule has 9 heteroatoms. The van der Waals surface area contributed by atoms with Gasteiger partial charge in [-0.3, -0.25) is 0 Å². The summed E-state index contributed by atoms with van der Waals surface area (Å²) in [6.07, 6.45) is 12.5. The van der Waals surface area contributed by atoms with Crippen LogP contribution in [0.1, 0.15) is 63.4 Å². The van der Waals surface area contributed by atoms with Gasteiger partial charge in [-0.1, -0.05) is 29.8 Å². The molecule has 0 spiro atoms. The molecule has 4 N–H and O–H groups in total. The van der Waals surface area contributed by atoms with Gasteiger partial charge >= 0.3 is 0 Å². The van der Waals surface area contributed by atoms with Gasteiger partial charge in [0.2, 0.25) is 5.95 Å². The third-order valence-electron chi connectivity index (χ3n) is 10.1. The third kappa shape index (κ3) is 6.40. The lowest BCUT2D eigenvalue weighted by atomic mass is 9.48. The van der Waals surface area contributed by atoms with Crippen LogP contribution in [0.25, 0.3) is 0 Å². The Morgan fingerprint density at radius 3 is 2.58 bits per heavy atom. The minimum Gasteiger partial charge on any atom is -0.394 e. The van der Waals surface area contributed by atoms with Gasteiger partial charge in [0.05, 0.1) is 25.5 Å². The van der Waals surface area contributed by atoms with Crippen molar-refractivity contribution in [3.8, 4) is 0 Å². The number of anilines is 2. The van der Waals surface area contributed by atoms with Crippen LogP contribution in [0.4, 0.5) is 16.2 Å². The SMILES string of the molecule is OCCOC1CCC(CNC2[C@@H]3CC4C[C@H]2CC(CNc2nc(NCc5ccccc5Cl)ncc2F)(C4)C3)CC1. The summed E-state index contributed by atoms with van der Waals surface area (Å²) in [4.78, 5) is 8.61. The predicted octanol–water partition coefficient (Wildman–Crippen LogP) is 5.65. The zero-order chi connectivity index (χ0) is 27.5. The topological polar surface area (TPSA) is 91.3 Å². The molecule has 5 aliphatic carbocycles.